The maximum atomic E-state index is 4.61. The van der Waals surface area contributed by atoms with E-state index < -0.39 is 0 Å². The third kappa shape index (κ3) is 2.69. The minimum atomic E-state index is 0.628. The van der Waals surface area contributed by atoms with Gasteiger partial charge in [0.1, 0.15) is 0 Å². The molecule has 3 aromatic rings. The van der Waals surface area contributed by atoms with Gasteiger partial charge in [-0.1, -0.05) is 24.3 Å². The van der Waals surface area contributed by atoms with E-state index in [1.165, 1.54) is 21.0 Å². The van der Waals surface area contributed by atoms with Crippen molar-refractivity contribution in [2.24, 2.45) is 0 Å². The topological polar surface area (TPSA) is 34.0 Å². The molecule has 5 heteroatoms. The van der Waals surface area contributed by atoms with Gasteiger partial charge in [0.25, 0.3) is 0 Å². The minimum absolute atomic E-state index is 0.628. The van der Waals surface area contributed by atoms with Crippen LogP contribution in [-0.2, 0) is 6.54 Å². The van der Waals surface area contributed by atoms with Crippen LogP contribution in [0.1, 0.15) is 16.5 Å². The van der Waals surface area contributed by atoms with Crippen LogP contribution in [-0.4, -0.2) is 39.8 Å². The number of rotatable bonds is 4. The van der Waals surface area contributed by atoms with Gasteiger partial charge in [-0.15, -0.1) is 11.3 Å². The predicted octanol–water partition coefficient (Wildman–Crippen LogP) is 3.08. The van der Waals surface area contributed by atoms with Gasteiger partial charge in [-0.2, -0.15) is 5.10 Å². The fourth-order valence-corrected chi connectivity index (χ4v) is 3.83. The molecule has 1 aromatic carbocycles. The lowest BCUT2D eigenvalue weighted by Gasteiger charge is -2.34. The van der Waals surface area contributed by atoms with E-state index >= 15 is 0 Å². The summed E-state index contributed by atoms with van der Waals surface area (Å²) in [6.45, 7) is 3.08. The molecule has 1 aliphatic heterocycles. The fraction of sp³-hybridized carbons (Fsp3) is 0.294. The second-order valence-corrected chi connectivity index (χ2v) is 6.94. The van der Waals surface area contributed by atoms with Gasteiger partial charge in [-0.25, -0.2) is 4.98 Å². The van der Waals surface area contributed by atoms with Gasteiger partial charge in [0, 0.05) is 37.6 Å². The average Bonchev–Trinajstić information content (AvgIpc) is 3.16. The molecular weight excluding hydrogens is 292 g/mol. The molecule has 112 valence electrons. The van der Waals surface area contributed by atoms with Crippen molar-refractivity contribution in [2.45, 2.75) is 12.5 Å². The Morgan fingerprint density at radius 2 is 2.05 bits per heavy atom. The van der Waals surface area contributed by atoms with E-state index in [0.29, 0.717) is 5.92 Å². The Bertz CT molecular complexity index is 739. The minimum Gasteiger partial charge on any atom is -0.305 e. The molecular formula is C17H18N4S. The third-order valence-corrected chi connectivity index (χ3v) is 5.29. The SMILES string of the molecule is CN1CC(c2ncc(-c3ccc(Cn4cccn4)cc3)s2)C1. The number of likely N-dealkylation sites (tertiary alicyclic amines) is 1. The summed E-state index contributed by atoms with van der Waals surface area (Å²) in [6, 6.07) is 10.7. The summed E-state index contributed by atoms with van der Waals surface area (Å²) in [6.07, 6.45) is 5.81. The lowest BCUT2D eigenvalue weighted by Crippen LogP contribution is -2.41. The van der Waals surface area contributed by atoms with Crippen LogP contribution in [0.4, 0.5) is 0 Å². The van der Waals surface area contributed by atoms with Crippen molar-refractivity contribution in [2.75, 3.05) is 20.1 Å². The molecule has 0 bridgehead atoms. The summed E-state index contributed by atoms with van der Waals surface area (Å²) < 4.78 is 1.94. The number of likely N-dealkylation sites (N-methyl/N-ethyl adjacent to an activating group) is 1. The third-order valence-electron chi connectivity index (χ3n) is 4.08. The van der Waals surface area contributed by atoms with Crippen LogP contribution in [0.5, 0.6) is 0 Å². The summed E-state index contributed by atoms with van der Waals surface area (Å²) >= 11 is 1.83. The van der Waals surface area contributed by atoms with Crippen LogP contribution in [0, 0.1) is 0 Å². The van der Waals surface area contributed by atoms with Crippen molar-refractivity contribution >= 4 is 11.3 Å². The molecule has 0 amide bonds. The highest BCUT2D eigenvalue weighted by atomic mass is 32.1. The molecule has 0 N–H and O–H groups in total. The first kappa shape index (κ1) is 13.7. The number of benzene rings is 1. The summed E-state index contributed by atoms with van der Waals surface area (Å²) in [5.41, 5.74) is 2.51. The van der Waals surface area contributed by atoms with Crippen molar-refractivity contribution < 1.29 is 0 Å². The maximum absolute atomic E-state index is 4.61. The Morgan fingerprint density at radius 1 is 1.23 bits per heavy atom. The van der Waals surface area contributed by atoms with E-state index in [0.717, 1.165) is 19.6 Å². The normalized spacial score (nSPS) is 15.9. The molecule has 1 aliphatic rings. The summed E-state index contributed by atoms with van der Waals surface area (Å²) in [4.78, 5) is 8.20. The van der Waals surface area contributed by atoms with Crippen molar-refractivity contribution in [1.82, 2.24) is 19.7 Å². The van der Waals surface area contributed by atoms with Gasteiger partial charge >= 0.3 is 0 Å². The molecule has 0 aliphatic carbocycles. The second kappa shape index (κ2) is 5.66. The van der Waals surface area contributed by atoms with Crippen LogP contribution >= 0.6 is 11.3 Å². The Morgan fingerprint density at radius 3 is 2.73 bits per heavy atom. The first-order valence-corrected chi connectivity index (χ1v) is 8.30. The number of hydrogen-bond acceptors (Lipinski definition) is 4. The van der Waals surface area contributed by atoms with Crippen LogP contribution in [0.3, 0.4) is 0 Å². The van der Waals surface area contributed by atoms with Crippen LogP contribution < -0.4 is 0 Å². The van der Waals surface area contributed by atoms with Gasteiger partial charge in [0.2, 0.25) is 0 Å². The molecule has 0 radical (unpaired) electrons. The predicted molar refractivity (Wildman–Crippen MR) is 89.1 cm³/mol. The zero-order chi connectivity index (χ0) is 14.9. The van der Waals surface area contributed by atoms with E-state index in [9.17, 15) is 0 Å². The van der Waals surface area contributed by atoms with Gasteiger partial charge in [-0.05, 0) is 24.2 Å². The Hall–Kier alpha value is -1.98. The van der Waals surface area contributed by atoms with Crippen LogP contribution in [0.2, 0.25) is 0 Å². The van der Waals surface area contributed by atoms with Crippen LogP contribution in [0.25, 0.3) is 10.4 Å². The molecule has 0 unspecified atom stereocenters. The summed E-state index contributed by atoms with van der Waals surface area (Å²) in [5, 5.41) is 5.51. The van der Waals surface area contributed by atoms with E-state index in [2.05, 4.69) is 46.3 Å². The molecule has 1 saturated heterocycles. The Balaban J connectivity index is 1.48. The Kier molecular flexibility index (Phi) is 3.52. The van der Waals surface area contributed by atoms with Crippen molar-refractivity contribution in [3.63, 3.8) is 0 Å². The average molecular weight is 310 g/mol. The van der Waals surface area contributed by atoms with Gasteiger partial charge < -0.3 is 4.90 Å². The zero-order valence-corrected chi connectivity index (χ0v) is 13.3. The largest absolute Gasteiger partial charge is 0.305 e. The molecule has 22 heavy (non-hydrogen) atoms. The van der Waals surface area contributed by atoms with E-state index in [-0.39, 0.29) is 0 Å². The van der Waals surface area contributed by atoms with Crippen molar-refractivity contribution in [3.05, 3.63) is 59.5 Å². The van der Waals surface area contributed by atoms with E-state index in [1.54, 1.807) is 0 Å². The van der Waals surface area contributed by atoms with Crippen molar-refractivity contribution in [1.29, 1.82) is 0 Å². The first-order valence-electron chi connectivity index (χ1n) is 7.49. The lowest BCUT2D eigenvalue weighted by atomic mass is 10.0. The lowest BCUT2D eigenvalue weighted by molar-refractivity contribution is 0.189. The second-order valence-electron chi connectivity index (χ2n) is 5.88. The molecule has 4 rings (SSSR count). The fourth-order valence-electron chi connectivity index (χ4n) is 2.82. The molecule has 1 fully saturated rings. The van der Waals surface area contributed by atoms with Gasteiger partial charge in [0.05, 0.1) is 16.4 Å². The van der Waals surface area contributed by atoms with Gasteiger partial charge in [0.15, 0.2) is 0 Å². The van der Waals surface area contributed by atoms with Crippen LogP contribution in [0.15, 0.2) is 48.9 Å². The summed E-state index contributed by atoms with van der Waals surface area (Å²) in [7, 11) is 2.16. The Labute approximate surface area is 134 Å². The first-order chi connectivity index (χ1) is 10.8. The number of aromatic nitrogens is 3. The van der Waals surface area contributed by atoms with Crippen molar-refractivity contribution in [3.8, 4) is 10.4 Å². The highest BCUT2D eigenvalue weighted by molar-refractivity contribution is 7.15. The highest BCUT2D eigenvalue weighted by Gasteiger charge is 2.27. The molecule has 2 aromatic heterocycles. The maximum Gasteiger partial charge on any atom is 0.0987 e. The smallest absolute Gasteiger partial charge is 0.0987 e. The van der Waals surface area contributed by atoms with E-state index in [1.807, 2.05) is 40.7 Å². The molecule has 0 spiro atoms. The summed E-state index contributed by atoms with van der Waals surface area (Å²) in [5.74, 6) is 0.628. The number of nitrogens with zero attached hydrogens (tertiary/aromatic N) is 4. The standard InChI is InChI=1S/C17H18N4S/c1-20-11-15(12-20)17-18-9-16(22-17)14-5-3-13(4-6-14)10-21-8-2-7-19-21/h2-9,15H,10-12H2,1H3. The zero-order valence-electron chi connectivity index (χ0n) is 12.5. The number of hydrogen-bond donors (Lipinski definition) is 0. The molecule has 4 nitrogen and oxygen atoms in total. The molecule has 3 heterocycles. The van der Waals surface area contributed by atoms with E-state index in [4.69, 9.17) is 0 Å². The van der Waals surface area contributed by atoms with Gasteiger partial charge in [-0.3, -0.25) is 4.68 Å². The molecule has 0 saturated carbocycles. The monoisotopic (exact) mass is 310 g/mol. The quantitative estimate of drug-likeness (QED) is 0.742. The number of thiazole rings is 1. The molecule has 0 atom stereocenters. The highest BCUT2D eigenvalue weighted by Crippen LogP contribution is 2.33.